The number of ether oxygens (including phenoxy) is 1. The summed E-state index contributed by atoms with van der Waals surface area (Å²) in [5.74, 6) is 0.740. The molecule has 0 radical (unpaired) electrons. The zero-order chi connectivity index (χ0) is 24.1. The minimum Gasteiger partial charge on any atom is -0.475 e. The van der Waals surface area contributed by atoms with Gasteiger partial charge in [0.2, 0.25) is 5.88 Å². The molecule has 4 aromatic rings. The normalized spacial score (nSPS) is 11.7. The zero-order valence-corrected chi connectivity index (χ0v) is 18.3. The fourth-order valence-electron chi connectivity index (χ4n) is 3.28. The van der Waals surface area contributed by atoms with Crippen LogP contribution in [0.5, 0.6) is 5.88 Å². The SMILES string of the molecule is Cc1cc(C(Nc2ccc(C(=N)N)cc2)c2nn(-c3ncccn3)c(=O)[nH]2)cc(OCCO)n1. The van der Waals surface area contributed by atoms with Gasteiger partial charge in [-0.25, -0.2) is 19.7 Å². The van der Waals surface area contributed by atoms with E-state index in [1.54, 1.807) is 36.4 Å². The molecule has 3 heterocycles. The predicted octanol–water partition coefficient (Wildman–Crippen LogP) is 0.911. The van der Waals surface area contributed by atoms with Crippen molar-refractivity contribution < 1.29 is 9.84 Å². The number of nitrogen functional groups attached to an aromatic ring is 1. The number of nitrogens with zero attached hydrogens (tertiary/aromatic N) is 5. The van der Waals surface area contributed by atoms with Crippen molar-refractivity contribution in [3.8, 4) is 11.8 Å². The highest BCUT2D eigenvalue weighted by atomic mass is 16.5. The summed E-state index contributed by atoms with van der Waals surface area (Å²) < 4.78 is 6.59. The van der Waals surface area contributed by atoms with Crippen LogP contribution < -0.4 is 21.5 Å². The highest BCUT2D eigenvalue weighted by Gasteiger charge is 2.22. The molecule has 1 aromatic carbocycles. The second-order valence-electron chi connectivity index (χ2n) is 7.30. The molecule has 0 spiro atoms. The lowest BCUT2D eigenvalue weighted by Crippen LogP contribution is -2.18. The number of pyridine rings is 1. The molecule has 0 aliphatic carbocycles. The number of H-pyrrole nitrogens is 1. The number of nitrogens with two attached hydrogens (primary N) is 1. The van der Waals surface area contributed by atoms with Crippen LogP contribution in [0.25, 0.3) is 5.95 Å². The van der Waals surface area contributed by atoms with Crippen LogP contribution >= 0.6 is 0 Å². The minimum atomic E-state index is -0.612. The standard InChI is InChI=1S/C22H23N9O3/c1-13-11-15(12-17(27-13)34-10-9-32)18(28-16-5-3-14(4-6-16)19(23)24)20-29-22(33)31(30-20)21-25-7-2-8-26-21/h2-8,11-12,18,28,32H,9-10H2,1H3,(H3,23,24)(H,29,30,33). The Kier molecular flexibility index (Phi) is 6.59. The molecular formula is C22H23N9O3. The van der Waals surface area contributed by atoms with Crippen molar-refractivity contribution in [2.75, 3.05) is 18.5 Å². The summed E-state index contributed by atoms with van der Waals surface area (Å²) in [6.45, 7) is 1.76. The van der Waals surface area contributed by atoms with Gasteiger partial charge in [-0.2, -0.15) is 0 Å². The molecule has 0 aliphatic rings. The quantitative estimate of drug-likeness (QED) is 0.179. The van der Waals surface area contributed by atoms with Crippen molar-refractivity contribution in [1.29, 1.82) is 5.41 Å². The molecule has 0 amide bonds. The molecule has 1 atom stereocenters. The lowest BCUT2D eigenvalue weighted by Gasteiger charge is -2.19. The number of hydrogen-bond donors (Lipinski definition) is 5. The van der Waals surface area contributed by atoms with Crippen LogP contribution in [-0.4, -0.2) is 53.9 Å². The molecule has 3 aromatic heterocycles. The molecule has 0 saturated heterocycles. The van der Waals surface area contributed by atoms with Crippen LogP contribution in [0.2, 0.25) is 0 Å². The van der Waals surface area contributed by atoms with E-state index in [-0.39, 0.29) is 25.0 Å². The molecule has 0 saturated carbocycles. The maximum absolute atomic E-state index is 12.7. The van der Waals surface area contributed by atoms with E-state index in [1.165, 1.54) is 12.4 Å². The third kappa shape index (κ3) is 5.07. The molecule has 1 unspecified atom stereocenters. The maximum atomic E-state index is 12.7. The number of hydrogen-bond acceptors (Lipinski definition) is 9. The van der Waals surface area contributed by atoms with E-state index in [2.05, 4.69) is 30.4 Å². The molecular weight excluding hydrogens is 438 g/mol. The van der Waals surface area contributed by atoms with Crippen molar-refractivity contribution in [3.63, 3.8) is 0 Å². The molecule has 4 rings (SSSR count). The number of nitrogens with one attached hydrogen (secondary N) is 3. The van der Waals surface area contributed by atoms with Gasteiger partial charge in [0.25, 0.3) is 5.95 Å². The second-order valence-corrected chi connectivity index (χ2v) is 7.30. The van der Waals surface area contributed by atoms with Crippen LogP contribution in [0, 0.1) is 12.3 Å². The van der Waals surface area contributed by atoms with E-state index >= 15 is 0 Å². The van der Waals surface area contributed by atoms with Gasteiger partial charge in [0.1, 0.15) is 18.5 Å². The third-order valence-corrected chi connectivity index (χ3v) is 4.78. The van der Waals surface area contributed by atoms with Crippen LogP contribution in [0.15, 0.2) is 59.7 Å². The number of aromatic nitrogens is 6. The Morgan fingerprint density at radius 3 is 2.68 bits per heavy atom. The van der Waals surface area contributed by atoms with E-state index in [9.17, 15) is 4.79 Å². The molecule has 0 aliphatic heterocycles. The summed E-state index contributed by atoms with van der Waals surface area (Å²) in [6.07, 6.45) is 3.04. The van der Waals surface area contributed by atoms with Crippen LogP contribution in [0.3, 0.4) is 0 Å². The number of aliphatic hydroxyl groups is 1. The highest BCUT2D eigenvalue weighted by molar-refractivity contribution is 5.95. The Hall–Kier alpha value is -4.58. The fraction of sp³-hybridized carbons (Fsp3) is 0.182. The van der Waals surface area contributed by atoms with Gasteiger partial charge in [-0.05, 0) is 48.9 Å². The average Bonchev–Trinajstić information content (AvgIpc) is 3.22. The number of amidine groups is 1. The molecule has 34 heavy (non-hydrogen) atoms. The maximum Gasteiger partial charge on any atom is 0.350 e. The van der Waals surface area contributed by atoms with Gasteiger partial charge in [0.05, 0.1) is 6.61 Å². The van der Waals surface area contributed by atoms with Gasteiger partial charge >= 0.3 is 5.69 Å². The minimum absolute atomic E-state index is 0.0375. The smallest absolute Gasteiger partial charge is 0.350 e. The number of aryl methyl sites for hydroxylation is 1. The number of anilines is 1. The van der Waals surface area contributed by atoms with Crippen molar-refractivity contribution in [3.05, 3.63) is 88.0 Å². The summed E-state index contributed by atoms with van der Waals surface area (Å²) in [5.41, 5.74) is 7.74. The monoisotopic (exact) mass is 461 g/mol. The Balaban J connectivity index is 1.77. The second kappa shape index (κ2) is 9.92. The first-order valence-electron chi connectivity index (χ1n) is 10.3. The Labute approximate surface area is 194 Å². The van der Waals surface area contributed by atoms with Gasteiger partial charge < -0.3 is 20.9 Å². The summed E-state index contributed by atoms with van der Waals surface area (Å²) in [7, 11) is 0. The lowest BCUT2D eigenvalue weighted by atomic mass is 10.1. The molecule has 174 valence electrons. The summed E-state index contributed by atoms with van der Waals surface area (Å²) in [5, 5.41) is 24.5. The summed E-state index contributed by atoms with van der Waals surface area (Å²) in [6, 6.07) is 11.6. The lowest BCUT2D eigenvalue weighted by molar-refractivity contribution is 0.196. The van der Waals surface area contributed by atoms with E-state index in [0.717, 1.165) is 4.68 Å². The molecule has 12 nitrogen and oxygen atoms in total. The fourth-order valence-corrected chi connectivity index (χ4v) is 3.28. The first kappa shape index (κ1) is 22.6. The van der Waals surface area contributed by atoms with E-state index in [4.69, 9.17) is 21.0 Å². The largest absolute Gasteiger partial charge is 0.475 e. The van der Waals surface area contributed by atoms with Crippen molar-refractivity contribution >= 4 is 11.5 Å². The van der Waals surface area contributed by atoms with E-state index in [0.29, 0.717) is 34.2 Å². The Morgan fingerprint density at radius 2 is 2.00 bits per heavy atom. The molecule has 0 fully saturated rings. The van der Waals surface area contributed by atoms with Gasteiger partial charge in [0.15, 0.2) is 5.82 Å². The van der Waals surface area contributed by atoms with Gasteiger partial charge in [0, 0.05) is 35.4 Å². The zero-order valence-electron chi connectivity index (χ0n) is 18.3. The molecule has 0 bridgehead atoms. The van der Waals surface area contributed by atoms with Crippen molar-refractivity contribution in [2.24, 2.45) is 5.73 Å². The van der Waals surface area contributed by atoms with Gasteiger partial charge in [-0.15, -0.1) is 9.78 Å². The van der Waals surface area contributed by atoms with Crippen molar-refractivity contribution in [1.82, 2.24) is 29.7 Å². The van der Waals surface area contributed by atoms with Crippen LogP contribution in [-0.2, 0) is 0 Å². The van der Waals surface area contributed by atoms with Crippen LogP contribution in [0.1, 0.15) is 28.7 Å². The topological polar surface area (TPSA) is 181 Å². The molecule has 12 heteroatoms. The number of aromatic amines is 1. The molecule has 6 N–H and O–H groups in total. The van der Waals surface area contributed by atoms with Gasteiger partial charge in [-0.3, -0.25) is 10.4 Å². The Morgan fingerprint density at radius 1 is 1.26 bits per heavy atom. The Bertz CT molecular complexity index is 1330. The van der Waals surface area contributed by atoms with Gasteiger partial charge in [-0.1, -0.05) is 0 Å². The number of aliphatic hydroxyl groups excluding tert-OH is 1. The first-order chi connectivity index (χ1) is 16.4. The highest BCUT2D eigenvalue weighted by Crippen LogP contribution is 2.27. The summed E-state index contributed by atoms with van der Waals surface area (Å²) >= 11 is 0. The average molecular weight is 461 g/mol. The van der Waals surface area contributed by atoms with Crippen molar-refractivity contribution in [2.45, 2.75) is 13.0 Å². The van der Waals surface area contributed by atoms with E-state index < -0.39 is 11.7 Å². The number of benzene rings is 1. The number of rotatable bonds is 9. The predicted molar refractivity (Wildman–Crippen MR) is 124 cm³/mol. The van der Waals surface area contributed by atoms with E-state index in [1.807, 2.05) is 13.0 Å². The third-order valence-electron chi connectivity index (χ3n) is 4.78. The van der Waals surface area contributed by atoms with Crippen LogP contribution in [0.4, 0.5) is 5.69 Å². The first-order valence-corrected chi connectivity index (χ1v) is 10.3. The summed E-state index contributed by atoms with van der Waals surface area (Å²) in [4.78, 5) is 28.0.